The molecule has 29 heteroatoms. The maximum absolute atomic E-state index is 13.8. The molecule has 0 unspecified atom stereocenters. The van der Waals surface area contributed by atoms with Crippen molar-refractivity contribution >= 4 is 111 Å². The molecule has 0 saturated carbocycles. The Bertz CT molecular complexity index is 2230. The molecular weight excluding hydrogens is 999 g/mol. The minimum Gasteiger partial charge on any atom is -0.481 e. The number of carboxylic acid groups (broad SMARTS) is 5. The van der Waals surface area contributed by atoms with E-state index in [1.54, 1.807) is 24.3 Å². The smallest absolute Gasteiger partial charge is 0.327 e. The Hall–Kier alpha value is -7.43. The van der Waals surface area contributed by atoms with Gasteiger partial charge in [0.25, 0.3) is 6.45 Å². The average molecular weight is 1060 g/mol. The van der Waals surface area contributed by atoms with Crippen LogP contribution in [0.25, 0.3) is 0 Å². The van der Waals surface area contributed by atoms with Crippen LogP contribution in [0.5, 0.6) is 0 Å². The number of oxime groups is 1. The molecule has 27 nitrogen and oxygen atoms in total. The van der Waals surface area contributed by atoms with Crippen molar-refractivity contribution in [2.75, 3.05) is 31.3 Å². The molecule has 0 bridgehead atoms. The number of nitrogens with zero attached hydrogens (tertiary/aromatic N) is 2. The largest absolute Gasteiger partial charge is 0.481 e. The predicted octanol–water partition coefficient (Wildman–Crippen LogP) is -0.598. The number of rotatable bonds is 39. The molecule has 0 spiro atoms. The minimum atomic E-state index is -1.98. The van der Waals surface area contributed by atoms with Gasteiger partial charge in [0, 0.05) is 55.2 Å². The highest BCUT2D eigenvalue weighted by atomic mass is 33.1. The van der Waals surface area contributed by atoms with E-state index in [1.165, 1.54) is 13.1 Å². The van der Waals surface area contributed by atoms with Gasteiger partial charge < -0.3 is 62.5 Å². The molecular formula is C43H57N7O20S2. The van der Waals surface area contributed by atoms with Gasteiger partial charge in [-0.3, -0.25) is 62.5 Å². The summed E-state index contributed by atoms with van der Waals surface area (Å²) < 4.78 is 11.1. The van der Waals surface area contributed by atoms with Gasteiger partial charge in [-0.05, 0) is 31.7 Å². The second-order valence-electron chi connectivity index (χ2n) is 15.6. The number of benzene rings is 1. The van der Waals surface area contributed by atoms with Crippen LogP contribution < -0.4 is 27.4 Å². The predicted molar refractivity (Wildman–Crippen MR) is 253 cm³/mol. The van der Waals surface area contributed by atoms with Crippen LogP contribution in [0, 0.1) is 17.8 Å². The van der Waals surface area contributed by atoms with Crippen molar-refractivity contribution in [1.29, 1.82) is 0 Å². The van der Waals surface area contributed by atoms with Crippen molar-refractivity contribution < 1.29 is 98.8 Å². The number of nitrogens with two attached hydrogens (primary N) is 2. The Morgan fingerprint density at radius 1 is 0.708 bits per heavy atom. The van der Waals surface area contributed by atoms with Crippen molar-refractivity contribution in [3.05, 3.63) is 35.4 Å². The second kappa shape index (κ2) is 34.0. The number of ketones is 4. The van der Waals surface area contributed by atoms with Crippen LogP contribution in [0.3, 0.4) is 0 Å². The standard InChI is InChI=1S/C43H57N7O20S2/c1-23(52)25-6-4-24(5-7-25)19-47-70-20-29(53)13-27(41(65)66)8-9-35(56)48-30(17-37(59)60)33(54)14-26(3-2-10-46-43(44)45)39(63)49-31(18-38(61)62)34(55)15-28(16-36(57)58)40(64)50-32(42(67)68)21-72-71-12-11-69-22-51/h4-7,19,22,26-28,30-32H,2-3,8-18,20-21H2,1H3,(H,48,56)(H,49,63)(H,50,64)(H,57,58)(H,59,60)(H,61,62)(H,65,66)(H,67,68)(H4,44,45,46)/t26-,27-,28+,30+,31+,32+/m0/s1/i22D. The fourth-order valence-electron chi connectivity index (χ4n) is 6.23. The summed E-state index contributed by atoms with van der Waals surface area (Å²) in [7, 11) is 1.93. The first kappa shape index (κ1) is 60.7. The van der Waals surface area contributed by atoms with Crippen LogP contribution in [0.4, 0.5) is 0 Å². The number of carbonyl (C=O) groups is 13. The van der Waals surface area contributed by atoms with Crippen molar-refractivity contribution in [3.63, 3.8) is 0 Å². The first-order valence-corrected chi connectivity index (χ1v) is 24.1. The van der Waals surface area contributed by atoms with Crippen molar-refractivity contribution in [2.45, 2.75) is 89.3 Å². The van der Waals surface area contributed by atoms with Crippen molar-refractivity contribution in [2.24, 2.45) is 39.4 Å². The Morgan fingerprint density at radius 2 is 1.28 bits per heavy atom. The number of Topliss-reactive ketones (excluding diaryl/α,β-unsaturated/α-hetero) is 4. The molecule has 1 aromatic carbocycles. The third kappa shape index (κ3) is 27.1. The van der Waals surface area contributed by atoms with E-state index < -0.39 is 165 Å². The number of guanidine groups is 1. The first-order valence-electron chi connectivity index (χ1n) is 22.1. The highest BCUT2D eigenvalue weighted by molar-refractivity contribution is 8.76. The van der Waals surface area contributed by atoms with E-state index in [1.807, 2.05) is 0 Å². The van der Waals surface area contributed by atoms with E-state index in [2.05, 4.69) is 30.8 Å². The molecule has 0 heterocycles. The lowest BCUT2D eigenvalue weighted by atomic mass is 9.90. The summed E-state index contributed by atoms with van der Waals surface area (Å²) in [6, 6.07) is 0.782. The summed E-state index contributed by atoms with van der Waals surface area (Å²) in [5.74, 6) is -19.7. The van der Waals surface area contributed by atoms with E-state index in [4.69, 9.17) is 17.7 Å². The molecule has 1 rings (SSSR count). The number of carbonyl (C=O) groups excluding carboxylic acids is 8. The van der Waals surface area contributed by atoms with Crippen LogP contribution in [-0.4, -0.2) is 164 Å². The molecule has 3 amide bonds. The van der Waals surface area contributed by atoms with Crippen LogP contribution >= 0.6 is 21.6 Å². The summed E-state index contributed by atoms with van der Waals surface area (Å²) in [6.07, 6.45) is -7.20. The molecule has 0 saturated heterocycles. The third-order valence-corrected chi connectivity index (χ3v) is 12.2. The van der Waals surface area contributed by atoms with Crippen LogP contribution in [0.2, 0.25) is 0 Å². The van der Waals surface area contributed by atoms with Gasteiger partial charge in [-0.25, -0.2) is 4.79 Å². The fraction of sp³-hybridized carbons (Fsp3) is 0.512. The zero-order chi connectivity index (χ0) is 55.2. The lowest BCUT2D eigenvalue weighted by Crippen LogP contribution is -2.49. The molecule has 0 aliphatic carbocycles. The number of hydrogen-bond acceptors (Lipinski definition) is 19. The zero-order valence-electron chi connectivity index (χ0n) is 39.7. The number of aliphatic imine (C=N–C) groups is 1. The van der Waals surface area contributed by atoms with Crippen LogP contribution in [0.1, 0.15) is 88.4 Å². The van der Waals surface area contributed by atoms with E-state index in [9.17, 15) is 87.9 Å². The number of amides is 3. The monoisotopic (exact) mass is 1060 g/mol. The molecule has 0 fully saturated rings. The Labute approximate surface area is 419 Å². The van der Waals surface area contributed by atoms with Gasteiger partial charge in [0.15, 0.2) is 37.1 Å². The fourth-order valence-corrected chi connectivity index (χ4v) is 8.21. The van der Waals surface area contributed by atoms with Gasteiger partial charge >= 0.3 is 29.8 Å². The lowest BCUT2D eigenvalue weighted by molar-refractivity contribution is -0.145. The molecule has 72 heavy (non-hydrogen) atoms. The maximum atomic E-state index is 13.8. The summed E-state index contributed by atoms with van der Waals surface area (Å²) >= 11 is 0. The SMILES string of the molecule is [2H]C(=O)OCCSSC[C@@H](NC(=O)[C@@H](CC(=O)O)CC(=O)[C@@H](CC(=O)O)NC(=O)[C@@H](CCCN=C(N)N)CC(=O)[C@@H](CC(=O)O)NC(=O)CC[C@@H](CC(=O)CON=Cc1ccc(C(C)=O)cc1)C(=O)O)C(=O)O. The molecule has 0 aromatic heterocycles. The Balaban J connectivity index is 3.19. The first-order chi connectivity index (χ1) is 34.3. The Kier molecular flexibility index (Phi) is 28.7. The van der Waals surface area contributed by atoms with Crippen LogP contribution in [-0.2, 0) is 67.1 Å². The number of ether oxygens (including phenoxy) is 1. The van der Waals surface area contributed by atoms with Crippen molar-refractivity contribution in [1.82, 2.24) is 16.0 Å². The molecule has 1 aromatic rings. The molecule has 0 radical (unpaired) electrons. The Morgan fingerprint density at radius 3 is 1.82 bits per heavy atom. The zero-order valence-corrected chi connectivity index (χ0v) is 40.3. The van der Waals surface area contributed by atoms with Gasteiger partial charge in [-0.1, -0.05) is 51.0 Å². The quantitative estimate of drug-likeness (QED) is 0.00748. The highest BCUT2D eigenvalue weighted by Gasteiger charge is 2.35. The summed E-state index contributed by atoms with van der Waals surface area (Å²) in [4.78, 5) is 170. The van der Waals surface area contributed by atoms with Crippen LogP contribution in [0.15, 0.2) is 34.4 Å². The third-order valence-electron chi connectivity index (χ3n) is 9.87. The number of carboxylic acids is 5. The minimum absolute atomic E-state index is 0.0412. The lowest BCUT2D eigenvalue weighted by Gasteiger charge is -2.24. The maximum Gasteiger partial charge on any atom is 0.327 e. The van der Waals surface area contributed by atoms with Gasteiger partial charge in [0.1, 0.15) is 12.6 Å². The van der Waals surface area contributed by atoms with E-state index in [0.29, 0.717) is 11.1 Å². The normalized spacial score (nSPS) is 13.5. The van der Waals surface area contributed by atoms with E-state index in [-0.39, 0.29) is 49.2 Å². The van der Waals surface area contributed by atoms with E-state index >= 15 is 0 Å². The van der Waals surface area contributed by atoms with E-state index in [0.717, 1.165) is 21.6 Å². The summed E-state index contributed by atoms with van der Waals surface area (Å²) in [5.41, 5.74) is 11.7. The van der Waals surface area contributed by atoms with Crippen molar-refractivity contribution in [3.8, 4) is 0 Å². The van der Waals surface area contributed by atoms with Gasteiger partial charge in [-0.2, -0.15) is 0 Å². The number of hydrogen-bond donors (Lipinski definition) is 10. The van der Waals surface area contributed by atoms with Gasteiger partial charge in [-0.15, -0.1) is 0 Å². The summed E-state index contributed by atoms with van der Waals surface area (Å²) in [5, 5.41) is 58.3. The second-order valence-corrected chi connectivity index (χ2v) is 18.2. The topological polar surface area (TPSA) is 454 Å². The highest BCUT2D eigenvalue weighted by Crippen LogP contribution is 2.23. The molecule has 6 atom stereocenters. The average Bonchev–Trinajstić information content (AvgIpc) is 3.29. The molecule has 0 aliphatic rings. The number of aliphatic carboxylic acids is 5. The summed E-state index contributed by atoms with van der Waals surface area (Å²) in [6.45, 7) is 0.442. The number of nitrogens with one attached hydrogen (secondary N) is 3. The van der Waals surface area contributed by atoms with Gasteiger partial charge in [0.05, 0.1) is 49.4 Å². The molecule has 396 valence electrons. The molecule has 12 N–H and O–H groups in total. The molecule has 0 aliphatic heterocycles. The van der Waals surface area contributed by atoms with Gasteiger partial charge in [0.2, 0.25) is 17.7 Å².